The van der Waals surface area contributed by atoms with Crippen molar-refractivity contribution in [2.45, 2.75) is 51.7 Å². The number of halogens is 3. The zero-order chi connectivity index (χ0) is 20.8. The summed E-state index contributed by atoms with van der Waals surface area (Å²) >= 11 is 1.69. The van der Waals surface area contributed by atoms with Crippen LogP contribution < -0.4 is 10.6 Å². The molecule has 1 aliphatic heterocycles. The van der Waals surface area contributed by atoms with Crippen molar-refractivity contribution in [2.24, 2.45) is 4.99 Å². The number of thiazole rings is 1. The van der Waals surface area contributed by atoms with E-state index in [1.165, 1.54) is 12.1 Å². The molecule has 3 rings (SSSR count). The summed E-state index contributed by atoms with van der Waals surface area (Å²) in [7, 11) is 1.77. The highest BCUT2D eigenvalue weighted by molar-refractivity contribution is 14.0. The van der Waals surface area contributed by atoms with Gasteiger partial charge in [-0.05, 0) is 30.5 Å². The minimum Gasteiger partial charge on any atom is -0.354 e. The number of nitrogens with zero attached hydrogens (tertiary/aromatic N) is 3. The molecule has 0 amide bonds. The van der Waals surface area contributed by atoms with E-state index < -0.39 is 11.6 Å². The van der Waals surface area contributed by atoms with E-state index in [1.807, 2.05) is 0 Å². The number of aliphatic imine (C=N–C) groups is 1. The number of benzene rings is 1. The summed E-state index contributed by atoms with van der Waals surface area (Å²) in [5.41, 5.74) is 1.83. The summed E-state index contributed by atoms with van der Waals surface area (Å²) < 4.78 is 26.5. The highest BCUT2D eigenvalue weighted by Gasteiger charge is 2.20. The normalized spacial score (nSPS) is 15.9. The molecule has 9 heteroatoms. The van der Waals surface area contributed by atoms with E-state index in [2.05, 4.69) is 44.7 Å². The van der Waals surface area contributed by atoms with Crippen LogP contribution in [0.4, 0.5) is 8.78 Å². The fourth-order valence-corrected chi connectivity index (χ4v) is 4.20. The number of rotatable bonds is 6. The first-order valence-corrected chi connectivity index (χ1v) is 10.9. The van der Waals surface area contributed by atoms with Crippen LogP contribution in [0.15, 0.2) is 28.6 Å². The number of aromatic nitrogens is 1. The molecule has 0 saturated carbocycles. The molecule has 1 aromatic heterocycles. The Labute approximate surface area is 198 Å². The summed E-state index contributed by atoms with van der Waals surface area (Å²) in [6.07, 6.45) is 1.94. The maximum absolute atomic E-state index is 13.4. The van der Waals surface area contributed by atoms with E-state index in [0.717, 1.165) is 48.2 Å². The van der Waals surface area contributed by atoms with E-state index in [0.29, 0.717) is 25.0 Å². The minimum atomic E-state index is -0.798. The van der Waals surface area contributed by atoms with Crippen molar-refractivity contribution in [3.8, 4) is 0 Å². The van der Waals surface area contributed by atoms with Crippen molar-refractivity contribution in [1.82, 2.24) is 20.5 Å². The summed E-state index contributed by atoms with van der Waals surface area (Å²) in [6.45, 7) is 7.39. The van der Waals surface area contributed by atoms with Crippen LogP contribution in [0.2, 0.25) is 0 Å². The van der Waals surface area contributed by atoms with Gasteiger partial charge in [0.25, 0.3) is 0 Å². The number of nitrogens with one attached hydrogen (secondary N) is 2. The van der Waals surface area contributed by atoms with Gasteiger partial charge in [0.15, 0.2) is 17.6 Å². The Balaban J connectivity index is 0.00000320. The molecule has 2 N–H and O–H groups in total. The molecule has 1 fully saturated rings. The van der Waals surface area contributed by atoms with E-state index in [1.54, 1.807) is 24.5 Å². The molecule has 0 radical (unpaired) electrons. The lowest BCUT2D eigenvalue weighted by Gasteiger charge is -2.33. The number of guanidine groups is 1. The van der Waals surface area contributed by atoms with Gasteiger partial charge in [-0.25, -0.2) is 13.8 Å². The van der Waals surface area contributed by atoms with Gasteiger partial charge in [0, 0.05) is 44.0 Å². The maximum atomic E-state index is 13.4. The molecular weight excluding hydrogens is 519 g/mol. The standard InChI is InChI=1S/C21H29F2N5S.HI/c1-14(2)20-26-17(13-29-20)11-25-21(24-3)27-16-6-8-28(9-7-16)12-15-4-5-18(22)19(23)10-15;/h4-5,10,13-14,16H,6-9,11-12H2,1-3H3,(H2,24,25,27);1H. The number of hydrogen-bond donors (Lipinski definition) is 2. The second-order valence-corrected chi connectivity index (χ2v) is 8.59. The Morgan fingerprint density at radius 3 is 2.60 bits per heavy atom. The van der Waals surface area contributed by atoms with Crippen molar-refractivity contribution < 1.29 is 8.78 Å². The Hall–Kier alpha value is -1.33. The highest BCUT2D eigenvalue weighted by Crippen LogP contribution is 2.19. The fraction of sp³-hybridized carbons (Fsp3) is 0.524. The van der Waals surface area contributed by atoms with Crippen LogP contribution in [-0.2, 0) is 13.1 Å². The third kappa shape index (κ3) is 7.12. The lowest BCUT2D eigenvalue weighted by Crippen LogP contribution is -2.48. The number of hydrogen-bond acceptors (Lipinski definition) is 4. The van der Waals surface area contributed by atoms with E-state index in [-0.39, 0.29) is 24.0 Å². The second kappa shape index (κ2) is 11.9. The molecule has 2 aromatic rings. The Morgan fingerprint density at radius 1 is 1.27 bits per heavy atom. The van der Waals surface area contributed by atoms with Crippen LogP contribution in [0, 0.1) is 11.6 Å². The van der Waals surface area contributed by atoms with Gasteiger partial charge in [-0.15, -0.1) is 35.3 Å². The summed E-state index contributed by atoms with van der Waals surface area (Å²) in [5, 5.41) is 10.1. The van der Waals surface area contributed by atoms with Crippen molar-refractivity contribution in [2.75, 3.05) is 20.1 Å². The largest absolute Gasteiger partial charge is 0.354 e. The first-order chi connectivity index (χ1) is 13.9. The molecule has 166 valence electrons. The SMILES string of the molecule is CN=C(NCc1csc(C(C)C)n1)NC1CCN(Cc2ccc(F)c(F)c2)CC1.I. The summed E-state index contributed by atoms with van der Waals surface area (Å²) in [5.74, 6) is -0.353. The predicted octanol–water partition coefficient (Wildman–Crippen LogP) is 4.49. The Bertz CT molecular complexity index is 835. The van der Waals surface area contributed by atoms with Crippen LogP contribution in [0.3, 0.4) is 0 Å². The molecule has 0 bridgehead atoms. The predicted molar refractivity (Wildman–Crippen MR) is 130 cm³/mol. The average Bonchev–Trinajstić information content (AvgIpc) is 3.19. The van der Waals surface area contributed by atoms with Gasteiger partial charge < -0.3 is 10.6 Å². The molecule has 0 atom stereocenters. The van der Waals surface area contributed by atoms with Gasteiger partial charge in [-0.1, -0.05) is 19.9 Å². The molecule has 2 heterocycles. The molecule has 1 aromatic carbocycles. The Kier molecular flexibility index (Phi) is 9.89. The van der Waals surface area contributed by atoms with Crippen molar-refractivity contribution in [3.05, 3.63) is 51.5 Å². The lowest BCUT2D eigenvalue weighted by molar-refractivity contribution is 0.198. The van der Waals surface area contributed by atoms with Crippen LogP contribution in [-0.4, -0.2) is 42.0 Å². The van der Waals surface area contributed by atoms with E-state index in [4.69, 9.17) is 0 Å². The summed E-state index contributed by atoms with van der Waals surface area (Å²) in [4.78, 5) is 11.2. The third-order valence-electron chi connectivity index (χ3n) is 5.04. The molecule has 30 heavy (non-hydrogen) atoms. The van der Waals surface area contributed by atoms with Crippen molar-refractivity contribution in [1.29, 1.82) is 0 Å². The quantitative estimate of drug-likeness (QED) is 0.317. The van der Waals surface area contributed by atoms with Gasteiger partial charge in [0.05, 0.1) is 17.2 Å². The first-order valence-electron chi connectivity index (χ1n) is 10.0. The highest BCUT2D eigenvalue weighted by atomic mass is 127. The zero-order valence-corrected chi connectivity index (χ0v) is 20.8. The fourth-order valence-electron chi connectivity index (χ4n) is 3.36. The molecule has 1 aliphatic rings. The van der Waals surface area contributed by atoms with Crippen LogP contribution in [0.25, 0.3) is 0 Å². The average molecular weight is 549 g/mol. The molecule has 0 spiro atoms. The maximum Gasteiger partial charge on any atom is 0.191 e. The number of likely N-dealkylation sites (tertiary alicyclic amines) is 1. The molecule has 1 saturated heterocycles. The third-order valence-corrected chi connectivity index (χ3v) is 6.24. The van der Waals surface area contributed by atoms with Crippen LogP contribution in [0.1, 0.15) is 48.9 Å². The van der Waals surface area contributed by atoms with Crippen LogP contribution >= 0.6 is 35.3 Å². The lowest BCUT2D eigenvalue weighted by atomic mass is 10.0. The topological polar surface area (TPSA) is 52.6 Å². The number of piperidine rings is 1. The molecule has 0 aliphatic carbocycles. The second-order valence-electron chi connectivity index (χ2n) is 7.70. The van der Waals surface area contributed by atoms with Gasteiger partial charge in [-0.3, -0.25) is 9.89 Å². The monoisotopic (exact) mass is 549 g/mol. The van der Waals surface area contributed by atoms with Crippen molar-refractivity contribution >= 4 is 41.3 Å². The van der Waals surface area contributed by atoms with Gasteiger partial charge in [0.1, 0.15) is 0 Å². The smallest absolute Gasteiger partial charge is 0.191 e. The van der Waals surface area contributed by atoms with Gasteiger partial charge >= 0.3 is 0 Å². The van der Waals surface area contributed by atoms with E-state index >= 15 is 0 Å². The van der Waals surface area contributed by atoms with Gasteiger partial charge in [-0.2, -0.15) is 0 Å². The summed E-state index contributed by atoms with van der Waals surface area (Å²) in [6, 6.07) is 4.47. The van der Waals surface area contributed by atoms with Gasteiger partial charge in [0.2, 0.25) is 0 Å². The van der Waals surface area contributed by atoms with Crippen LogP contribution in [0.5, 0.6) is 0 Å². The molecule has 5 nitrogen and oxygen atoms in total. The minimum absolute atomic E-state index is 0. The first kappa shape index (κ1) is 24.9. The molecular formula is C21H30F2IN5S. The van der Waals surface area contributed by atoms with Crippen molar-refractivity contribution in [3.63, 3.8) is 0 Å². The molecule has 0 unspecified atom stereocenters. The zero-order valence-electron chi connectivity index (χ0n) is 17.6. The Morgan fingerprint density at radius 2 is 2.00 bits per heavy atom. The van der Waals surface area contributed by atoms with E-state index in [9.17, 15) is 8.78 Å².